The lowest BCUT2D eigenvalue weighted by Gasteiger charge is -2.15. The molecule has 0 bridgehead atoms. The van der Waals surface area contributed by atoms with Crippen molar-refractivity contribution < 1.29 is 14.7 Å². The molecule has 1 unspecified atom stereocenters. The summed E-state index contributed by atoms with van der Waals surface area (Å²) in [5.74, 6) is -0.358. The summed E-state index contributed by atoms with van der Waals surface area (Å²) in [6.07, 6.45) is 2.28. The van der Waals surface area contributed by atoms with Gasteiger partial charge in [-0.2, -0.15) is 11.8 Å². The number of amides is 2. The van der Waals surface area contributed by atoms with Gasteiger partial charge >= 0.3 is 12.0 Å². The zero-order valence-electron chi connectivity index (χ0n) is 11.3. The largest absolute Gasteiger partial charge is 0.480 e. The number of thioether (sulfide) groups is 1. The molecule has 0 aliphatic heterocycles. The maximum absolute atomic E-state index is 11.8. The van der Waals surface area contributed by atoms with Crippen molar-refractivity contribution >= 4 is 45.4 Å². The quantitative estimate of drug-likeness (QED) is 0.728. The Bertz CT molecular complexity index is 497. The molecule has 0 saturated heterocycles. The first-order chi connectivity index (χ1) is 9.43. The molecule has 0 heterocycles. The van der Waals surface area contributed by atoms with Gasteiger partial charge in [-0.15, -0.1) is 0 Å². The molecule has 1 rings (SSSR count). The fraction of sp³-hybridized carbons (Fsp3) is 0.385. The van der Waals surface area contributed by atoms with Gasteiger partial charge in [0.05, 0.1) is 5.69 Å². The normalized spacial score (nSPS) is 11.8. The summed E-state index contributed by atoms with van der Waals surface area (Å²) in [5.41, 5.74) is 1.61. The summed E-state index contributed by atoms with van der Waals surface area (Å²) in [4.78, 5) is 22.9. The van der Waals surface area contributed by atoms with Crippen molar-refractivity contribution in [1.29, 1.82) is 0 Å². The lowest BCUT2D eigenvalue weighted by Crippen LogP contribution is -2.43. The number of benzene rings is 1. The summed E-state index contributed by atoms with van der Waals surface area (Å²) in [6, 6.07) is 4.14. The summed E-state index contributed by atoms with van der Waals surface area (Å²) in [7, 11) is 0. The number of carboxylic acids is 1. The number of hydrogen-bond donors (Lipinski definition) is 3. The highest BCUT2D eigenvalue weighted by molar-refractivity contribution is 9.10. The van der Waals surface area contributed by atoms with Crippen LogP contribution in [0, 0.1) is 6.92 Å². The van der Waals surface area contributed by atoms with E-state index in [-0.39, 0.29) is 0 Å². The smallest absolute Gasteiger partial charge is 0.326 e. The second-order valence-electron chi connectivity index (χ2n) is 4.25. The molecular formula is C13H17BrN2O3S. The van der Waals surface area contributed by atoms with Gasteiger partial charge in [0.25, 0.3) is 0 Å². The van der Waals surface area contributed by atoms with Gasteiger partial charge in [0, 0.05) is 4.47 Å². The van der Waals surface area contributed by atoms with Gasteiger partial charge in [-0.25, -0.2) is 9.59 Å². The van der Waals surface area contributed by atoms with Crippen LogP contribution in [0.15, 0.2) is 22.7 Å². The number of halogens is 1. The molecule has 1 aromatic rings. The van der Waals surface area contributed by atoms with Gasteiger partial charge in [-0.1, -0.05) is 6.07 Å². The van der Waals surface area contributed by atoms with Crippen LogP contribution < -0.4 is 10.6 Å². The Balaban J connectivity index is 2.65. The number of hydrogen-bond acceptors (Lipinski definition) is 3. The number of carbonyl (C=O) groups excluding carboxylic acids is 1. The predicted molar refractivity (Wildman–Crippen MR) is 85.5 cm³/mol. The molecule has 1 atom stereocenters. The van der Waals surface area contributed by atoms with Crippen molar-refractivity contribution in [3.8, 4) is 0 Å². The maximum Gasteiger partial charge on any atom is 0.326 e. The zero-order chi connectivity index (χ0) is 15.1. The predicted octanol–water partition coefficient (Wildman–Crippen LogP) is 3.09. The van der Waals surface area contributed by atoms with Crippen LogP contribution >= 0.6 is 27.7 Å². The molecule has 110 valence electrons. The fourth-order valence-corrected chi connectivity index (χ4v) is 2.36. The topological polar surface area (TPSA) is 78.4 Å². The lowest BCUT2D eigenvalue weighted by atomic mass is 10.2. The van der Waals surface area contributed by atoms with Crippen LogP contribution in [0.2, 0.25) is 0 Å². The molecule has 20 heavy (non-hydrogen) atoms. The van der Waals surface area contributed by atoms with E-state index in [0.29, 0.717) is 17.9 Å². The third-order valence-corrected chi connectivity index (χ3v) is 3.92. The molecule has 7 heteroatoms. The Labute approximate surface area is 130 Å². The Morgan fingerprint density at radius 2 is 2.15 bits per heavy atom. The van der Waals surface area contributed by atoms with E-state index in [4.69, 9.17) is 5.11 Å². The highest BCUT2D eigenvalue weighted by atomic mass is 79.9. The number of anilines is 1. The number of nitrogens with one attached hydrogen (secondary N) is 2. The average molecular weight is 361 g/mol. The van der Waals surface area contributed by atoms with Crippen molar-refractivity contribution in [2.24, 2.45) is 0 Å². The summed E-state index contributed by atoms with van der Waals surface area (Å²) < 4.78 is 0.745. The van der Waals surface area contributed by atoms with Crippen molar-refractivity contribution in [3.63, 3.8) is 0 Å². The van der Waals surface area contributed by atoms with Crippen LogP contribution in [0.3, 0.4) is 0 Å². The van der Waals surface area contributed by atoms with E-state index in [1.807, 2.05) is 25.3 Å². The summed E-state index contributed by atoms with van der Waals surface area (Å²) >= 11 is 4.87. The number of carboxylic acid groups (broad SMARTS) is 1. The van der Waals surface area contributed by atoms with Crippen molar-refractivity contribution in [2.75, 3.05) is 17.3 Å². The third kappa shape index (κ3) is 5.42. The van der Waals surface area contributed by atoms with Gasteiger partial charge in [0.1, 0.15) is 6.04 Å². The van der Waals surface area contributed by atoms with E-state index in [0.717, 1.165) is 10.0 Å². The highest BCUT2D eigenvalue weighted by Crippen LogP contribution is 2.23. The molecule has 0 aliphatic rings. The van der Waals surface area contributed by atoms with Crippen LogP contribution in [0.25, 0.3) is 0 Å². The van der Waals surface area contributed by atoms with Gasteiger partial charge in [-0.3, -0.25) is 0 Å². The summed E-state index contributed by atoms with van der Waals surface area (Å²) in [6.45, 7) is 1.91. The van der Waals surface area contributed by atoms with Crippen molar-refractivity contribution in [2.45, 2.75) is 19.4 Å². The van der Waals surface area contributed by atoms with Gasteiger partial charge < -0.3 is 15.7 Å². The number of aliphatic carboxylic acids is 1. The first kappa shape index (κ1) is 16.8. The number of carbonyl (C=O) groups is 2. The monoisotopic (exact) mass is 360 g/mol. The number of urea groups is 1. The Morgan fingerprint density at radius 3 is 2.75 bits per heavy atom. The Kier molecular flexibility index (Phi) is 6.87. The van der Waals surface area contributed by atoms with Crippen LogP contribution in [0.4, 0.5) is 10.5 Å². The van der Waals surface area contributed by atoms with E-state index in [1.54, 1.807) is 17.8 Å². The molecule has 0 aromatic heterocycles. The van der Waals surface area contributed by atoms with Gasteiger partial charge in [0.2, 0.25) is 0 Å². The molecule has 0 aliphatic carbocycles. The van der Waals surface area contributed by atoms with Crippen LogP contribution in [-0.4, -0.2) is 35.2 Å². The zero-order valence-corrected chi connectivity index (χ0v) is 13.7. The Hall–Kier alpha value is -1.21. The molecule has 0 radical (unpaired) electrons. The minimum absolute atomic E-state index is 0.388. The average Bonchev–Trinajstić information content (AvgIpc) is 2.38. The van der Waals surface area contributed by atoms with E-state index in [2.05, 4.69) is 26.6 Å². The van der Waals surface area contributed by atoms with E-state index in [9.17, 15) is 9.59 Å². The maximum atomic E-state index is 11.8. The minimum atomic E-state index is -1.03. The highest BCUT2D eigenvalue weighted by Gasteiger charge is 2.19. The van der Waals surface area contributed by atoms with E-state index in [1.165, 1.54) is 0 Å². The Morgan fingerprint density at radius 1 is 1.45 bits per heavy atom. The van der Waals surface area contributed by atoms with Gasteiger partial charge in [-0.05, 0) is 59.0 Å². The summed E-state index contributed by atoms with van der Waals surface area (Å²) in [5, 5.41) is 14.2. The molecule has 0 fully saturated rings. The minimum Gasteiger partial charge on any atom is -0.480 e. The standard InChI is InChI=1S/C13H17BrN2O3S/c1-8-3-4-9(14)11(7-8)16-13(19)15-10(12(17)18)5-6-20-2/h3-4,7,10H,5-6H2,1-2H3,(H,17,18)(H2,15,16,19). The van der Waals surface area contributed by atoms with Crippen LogP contribution in [0.1, 0.15) is 12.0 Å². The lowest BCUT2D eigenvalue weighted by molar-refractivity contribution is -0.139. The van der Waals surface area contributed by atoms with Crippen molar-refractivity contribution in [1.82, 2.24) is 5.32 Å². The second kappa shape index (κ2) is 8.16. The SMILES string of the molecule is CSCCC(NC(=O)Nc1cc(C)ccc1Br)C(=O)O. The molecule has 2 amide bonds. The molecular weight excluding hydrogens is 344 g/mol. The molecule has 0 saturated carbocycles. The van der Waals surface area contributed by atoms with E-state index < -0.39 is 18.0 Å². The molecule has 3 N–H and O–H groups in total. The van der Waals surface area contributed by atoms with Crippen LogP contribution in [-0.2, 0) is 4.79 Å². The number of rotatable bonds is 6. The fourth-order valence-electron chi connectivity index (χ4n) is 1.54. The van der Waals surface area contributed by atoms with E-state index >= 15 is 0 Å². The molecule has 1 aromatic carbocycles. The third-order valence-electron chi connectivity index (χ3n) is 2.58. The first-order valence-electron chi connectivity index (χ1n) is 5.99. The van der Waals surface area contributed by atoms with Gasteiger partial charge in [0.15, 0.2) is 0 Å². The molecule has 5 nitrogen and oxygen atoms in total. The second-order valence-corrected chi connectivity index (χ2v) is 6.09. The molecule has 0 spiro atoms. The van der Waals surface area contributed by atoms with Crippen LogP contribution in [0.5, 0.6) is 0 Å². The van der Waals surface area contributed by atoms with Crippen molar-refractivity contribution in [3.05, 3.63) is 28.2 Å². The number of aryl methyl sites for hydroxylation is 1. The first-order valence-corrected chi connectivity index (χ1v) is 8.18.